The molecule has 0 aromatic carbocycles. The summed E-state index contributed by atoms with van der Waals surface area (Å²) in [4.78, 5) is 13.2. The highest BCUT2D eigenvalue weighted by Gasteiger charge is 2.36. The number of amides is 1. The lowest BCUT2D eigenvalue weighted by Gasteiger charge is -2.39. The van der Waals surface area contributed by atoms with E-state index in [0.29, 0.717) is 13.1 Å². The average molecular weight is 277 g/mol. The quantitative estimate of drug-likeness (QED) is 0.787. The molecule has 0 aromatic rings. The van der Waals surface area contributed by atoms with Gasteiger partial charge in [-0.25, -0.2) is 13.2 Å². The summed E-state index contributed by atoms with van der Waals surface area (Å²) in [5.41, 5.74) is -0.508. The van der Waals surface area contributed by atoms with E-state index < -0.39 is 15.4 Å². The van der Waals surface area contributed by atoms with Crippen LogP contribution in [0.2, 0.25) is 0 Å². The van der Waals surface area contributed by atoms with Gasteiger partial charge < -0.3 is 9.64 Å². The zero-order valence-corrected chi connectivity index (χ0v) is 12.6. The smallest absolute Gasteiger partial charge is 0.410 e. The van der Waals surface area contributed by atoms with Gasteiger partial charge in [-0.3, -0.25) is 0 Å². The molecule has 1 aliphatic rings. The summed E-state index contributed by atoms with van der Waals surface area (Å²) in [6, 6.07) is 0. The van der Waals surface area contributed by atoms with Crippen LogP contribution < -0.4 is 0 Å². The Kier molecular flexibility index (Phi) is 4.30. The summed E-state index contributed by atoms with van der Waals surface area (Å²) in [6.07, 6.45) is -0.360. The van der Waals surface area contributed by atoms with Crippen molar-refractivity contribution in [3.05, 3.63) is 0 Å². The van der Waals surface area contributed by atoms with Crippen molar-refractivity contribution in [2.24, 2.45) is 5.92 Å². The molecular formula is C12H23NO4S. The number of likely N-dealkylation sites (tertiary alicyclic amines) is 1. The highest BCUT2D eigenvalue weighted by atomic mass is 32.2. The summed E-state index contributed by atoms with van der Waals surface area (Å²) in [7, 11) is -3.02. The third-order valence-electron chi connectivity index (χ3n) is 2.80. The topological polar surface area (TPSA) is 63.7 Å². The maximum Gasteiger partial charge on any atom is 0.410 e. The van der Waals surface area contributed by atoms with E-state index in [1.54, 1.807) is 18.7 Å². The van der Waals surface area contributed by atoms with Crippen LogP contribution in [-0.2, 0) is 14.6 Å². The maximum absolute atomic E-state index is 11.7. The molecule has 0 bridgehead atoms. The summed E-state index contributed by atoms with van der Waals surface area (Å²) >= 11 is 0. The van der Waals surface area contributed by atoms with Crippen LogP contribution in [0.3, 0.4) is 0 Å². The number of carbonyl (C=O) groups is 1. The molecule has 6 heteroatoms. The van der Waals surface area contributed by atoms with Crippen molar-refractivity contribution < 1.29 is 17.9 Å². The lowest BCUT2D eigenvalue weighted by atomic mass is 10.0. The molecule has 0 unspecified atom stereocenters. The van der Waals surface area contributed by atoms with Gasteiger partial charge in [-0.05, 0) is 34.6 Å². The third kappa shape index (κ3) is 4.15. The van der Waals surface area contributed by atoms with Crippen LogP contribution in [0.5, 0.6) is 0 Å². The Morgan fingerprint density at radius 2 is 1.83 bits per heavy atom. The third-order valence-corrected chi connectivity index (χ3v) is 5.17. The second-order valence-electron chi connectivity index (χ2n) is 6.13. The average Bonchev–Trinajstić information content (AvgIpc) is 2.06. The Bertz CT molecular complexity index is 402. The van der Waals surface area contributed by atoms with E-state index in [1.165, 1.54) is 0 Å². The largest absolute Gasteiger partial charge is 0.444 e. The summed E-state index contributed by atoms with van der Waals surface area (Å²) in [5.74, 6) is 0.203. The standard InChI is InChI=1S/C12H23NO4S/c1-9(2)18(15,16)8-10-6-13(7-10)11(14)17-12(3,4)5/h9-10H,6-8H2,1-5H3. The van der Waals surface area contributed by atoms with Crippen LogP contribution in [0.4, 0.5) is 4.79 Å². The minimum Gasteiger partial charge on any atom is -0.444 e. The Morgan fingerprint density at radius 1 is 1.33 bits per heavy atom. The molecule has 1 fully saturated rings. The molecule has 1 aliphatic heterocycles. The number of ether oxygens (including phenoxy) is 1. The molecule has 0 aliphatic carbocycles. The van der Waals surface area contributed by atoms with Crippen molar-refractivity contribution >= 4 is 15.9 Å². The zero-order valence-electron chi connectivity index (χ0n) is 11.8. The number of sulfone groups is 1. The molecule has 1 rings (SSSR count). The predicted octanol–water partition coefficient (Wildman–Crippen LogP) is 1.68. The fourth-order valence-corrected chi connectivity index (χ4v) is 2.92. The van der Waals surface area contributed by atoms with E-state index in [-0.39, 0.29) is 23.0 Å². The molecule has 1 heterocycles. The number of hydrogen-bond donors (Lipinski definition) is 0. The molecular weight excluding hydrogens is 254 g/mol. The van der Waals surface area contributed by atoms with Crippen LogP contribution in [0.25, 0.3) is 0 Å². The van der Waals surface area contributed by atoms with Crippen molar-refractivity contribution in [3.8, 4) is 0 Å². The fraction of sp³-hybridized carbons (Fsp3) is 0.917. The lowest BCUT2D eigenvalue weighted by molar-refractivity contribution is 0.00190. The Hall–Kier alpha value is -0.780. The fourth-order valence-electron chi connectivity index (χ4n) is 1.67. The van der Waals surface area contributed by atoms with Gasteiger partial charge in [0.05, 0.1) is 11.0 Å². The van der Waals surface area contributed by atoms with Crippen molar-refractivity contribution in [1.82, 2.24) is 4.90 Å². The molecule has 0 N–H and O–H groups in total. The van der Waals surface area contributed by atoms with Crippen LogP contribution in [0, 0.1) is 5.92 Å². The van der Waals surface area contributed by atoms with E-state index in [1.807, 2.05) is 20.8 Å². The molecule has 5 nitrogen and oxygen atoms in total. The van der Waals surface area contributed by atoms with E-state index in [4.69, 9.17) is 4.74 Å². The number of nitrogens with zero attached hydrogens (tertiary/aromatic N) is 1. The van der Waals surface area contributed by atoms with Crippen LogP contribution in [0.15, 0.2) is 0 Å². The molecule has 0 saturated carbocycles. The molecule has 1 amide bonds. The van der Waals surface area contributed by atoms with E-state index in [2.05, 4.69) is 0 Å². The van der Waals surface area contributed by atoms with Gasteiger partial charge in [-0.1, -0.05) is 0 Å². The second kappa shape index (κ2) is 5.07. The Labute approximate surface area is 109 Å². The van der Waals surface area contributed by atoms with Gasteiger partial charge >= 0.3 is 6.09 Å². The van der Waals surface area contributed by atoms with Crippen LogP contribution in [-0.4, -0.2) is 49.1 Å². The van der Waals surface area contributed by atoms with Gasteiger partial charge in [0.1, 0.15) is 5.60 Å². The Morgan fingerprint density at radius 3 is 2.22 bits per heavy atom. The van der Waals surface area contributed by atoms with Gasteiger partial charge in [0.2, 0.25) is 0 Å². The van der Waals surface area contributed by atoms with Gasteiger partial charge in [-0.2, -0.15) is 0 Å². The van der Waals surface area contributed by atoms with Gasteiger partial charge in [-0.15, -0.1) is 0 Å². The molecule has 0 aromatic heterocycles. The minimum absolute atomic E-state index is 0.0462. The molecule has 106 valence electrons. The first kappa shape index (κ1) is 15.3. The maximum atomic E-state index is 11.7. The second-order valence-corrected chi connectivity index (χ2v) is 8.73. The summed E-state index contributed by atoms with van der Waals surface area (Å²) < 4.78 is 28.6. The number of carbonyl (C=O) groups excluding carboxylic acids is 1. The summed E-state index contributed by atoms with van der Waals surface area (Å²) in [6.45, 7) is 9.74. The predicted molar refractivity (Wildman–Crippen MR) is 70.2 cm³/mol. The first-order valence-electron chi connectivity index (χ1n) is 6.21. The van der Waals surface area contributed by atoms with Crippen molar-refractivity contribution in [2.45, 2.75) is 45.5 Å². The lowest BCUT2D eigenvalue weighted by Crippen LogP contribution is -2.54. The van der Waals surface area contributed by atoms with E-state index in [0.717, 1.165) is 0 Å². The molecule has 0 radical (unpaired) electrons. The highest BCUT2D eigenvalue weighted by molar-refractivity contribution is 7.91. The van der Waals surface area contributed by atoms with E-state index >= 15 is 0 Å². The molecule has 0 spiro atoms. The molecule has 0 atom stereocenters. The number of hydrogen-bond acceptors (Lipinski definition) is 4. The van der Waals surface area contributed by atoms with Gasteiger partial charge in [0, 0.05) is 19.0 Å². The van der Waals surface area contributed by atoms with Gasteiger partial charge in [0.15, 0.2) is 9.84 Å². The highest BCUT2D eigenvalue weighted by Crippen LogP contribution is 2.22. The minimum atomic E-state index is -3.02. The summed E-state index contributed by atoms with van der Waals surface area (Å²) in [5, 5.41) is -0.354. The van der Waals surface area contributed by atoms with Crippen molar-refractivity contribution in [2.75, 3.05) is 18.8 Å². The molecule has 18 heavy (non-hydrogen) atoms. The Balaban J connectivity index is 2.39. The van der Waals surface area contributed by atoms with Gasteiger partial charge in [0.25, 0.3) is 0 Å². The SMILES string of the molecule is CC(C)S(=O)(=O)CC1CN(C(=O)OC(C)(C)C)C1. The monoisotopic (exact) mass is 277 g/mol. The number of rotatable bonds is 3. The first-order chi connectivity index (χ1) is 8.01. The van der Waals surface area contributed by atoms with E-state index in [9.17, 15) is 13.2 Å². The van der Waals surface area contributed by atoms with Crippen molar-refractivity contribution in [3.63, 3.8) is 0 Å². The first-order valence-corrected chi connectivity index (χ1v) is 7.92. The van der Waals surface area contributed by atoms with Crippen LogP contribution in [0.1, 0.15) is 34.6 Å². The molecule has 1 saturated heterocycles. The zero-order chi connectivity index (χ0) is 14.1. The van der Waals surface area contributed by atoms with Crippen molar-refractivity contribution in [1.29, 1.82) is 0 Å². The van der Waals surface area contributed by atoms with Crippen LogP contribution >= 0.6 is 0 Å². The normalized spacial score (nSPS) is 17.8.